The molecule has 2 unspecified atom stereocenters. The second-order valence-corrected chi connectivity index (χ2v) is 4.50. The van der Waals surface area contributed by atoms with E-state index in [1.54, 1.807) is 0 Å². The first-order chi connectivity index (χ1) is 6.33. The lowest BCUT2D eigenvalue weighted by atomic mass is 9.76. The largest absolute Gasteiger partial charge is 0.472 e. The van der Waals surface area contributed by atoms with Gasteiger partial charge >= 0.3 is 0 Å². The first-order valence-corrected chi connectivity index (χ1v) is 5.09. The standard InChI is InChI=1S/C11H15NO/c1-8-4-9-5-13-6-10(9)11(8)2-3-12-7-11/h5-6,8,12H,2-4,7H2,1H3. The predicted molar refractivity (Wildman–Crippen MR) is 50.7 cm³/mol. The molecule has 3 rings (SSSR count). The Kier molecular flexibility index (Phi) is 1.40. The molecule has 2 atom stereocenters. The third-order valence-corrected chi connectivity index (χ3v) is 3.94. The summed E-state index contributed by atoms with van der Waals surface area (Å²) in [5.74, 6) is 0.781. The fourth-order valence-corrected chi connectivity index (χ4v) is 3.07. The van der Waals surface area contributed by atoms with Gasteiger partial charge in [-0.15, -0.1) is 0 Å². The van der Waals surface area contributed by atoms with Gasteiger partial charge in [0.15, 0.2) is 0 Å². The molecular weight excluding hydrogens is 162 g/mol. The highest BCUT2D eigenvalue weighted by Gasteiger charge is 2.47. The van der Waals surface area contributed by atoms with E-state index in [1.807, 2.05) is 12.5 Å². The van der Waals surface area contributed by atoms with Crippen LogP contribution in [0.3, 0.4) is 0 Å². The van der Waals surface area contributed by atoms with Crippen LogP contribution >= 0.6 is 0 Å². The van der Waals surface area contributed by atoms with Crippen LogP contribution in [0, 0.1) is 5.92 Å². The molecule has 1 aromatic heterocycles. The van der Waals surface area contributed by atoms with Gasteiger partial charge in [0.2, 0.25) is 0 Å². The minimum absolute atomic E-state index is 0.405. The molecule has 1 aromatic rings. The molecule has 0 amide bonds. The van der Waals surface area contributed by atoms with Gasteiger partial charge in [-0.1, -0.05) is 6.92 Å². The van der Waals surface area contributed by atoms with E-state index in [0.717, 1.165) is 19.0 Å². The van der Waals surface area contributed by atoms with Crippen molar-refractivity contribution in [2.45, 2.75) is 25.2 Å². The van der Waals surface area contributed by atoms with E-state index in [9.17, 15) is 0 Å². The van der Waals surface area contributed by atoms with Crippen LogP contribution in [0.15, 0.2) is 16.9 Å². The number of furan rings is 1. The molecule has 70 valence electrons. The molecule has 1 N–H and O–H groups in total. The van der Waals surface area contributed by atoms with Gasteiger partial charge in [0.1, 0.15) is 0 Å². The molecule has 1 aliphatic heterocycles. The Bertz CT molecular complexity index is 323. The van der Waals surface area contributed by atoms with E-state index in [2.05, 4.69) is 12.2 Å². The molecule has 13 heavy (non-hydrogen) atoms. The fraction of sp³-hybridized carbons (Fsp3) is 0.636. The van der Waals surface area contributed by atoms with Crippen LogP contribution in [-0.2, 0) is 11.8 Å². The van der Waals surface area contributed by atoms with Crippen molar-refractivity contribution < 1.29 is 4.42 Å². The molecule has 2 heteroatoms. The third-order valence-electron chi connectivity index (χ3n) is 3.94. The van der Waals surface area contributed by atoms with E-state index in [1.165, 1.54) is 24.0 Å². The quantitative estimate of drug-likeness (QED) is 0.652. The summed E-state index contributed by atoms with van der Waals surface area (Å²) in [5, 5.41) is 3.47. The summed E-state index contributed by atoms with van der Waals surface area (Å²) in [6, 6.07) is 0. The van der Waals surface area contributed by atoms with Gasteiger partial charge in [-0.25, -0.2) is 0 Å². The fourth-order valence-electron chi connectivity index (χ4n) is 3.07. The SMILES string of the molecule is CC1Cc2cocc2C12CCNC2. The van der Waals surface area contributed by atoms with Gasteiger partial charge in [0.05, 0.1) is 12.5 Å². The minimum atomic E-state index is 0.405. The van der Waals surface area contributed by atoms with Crippen LogP contribution in [0.25, 0.3) is 0 Å². The average Bonchev–Trinajstić information content (AvgIpc) is 2.72. The molecule has 0 aromatic carbocycles. The summed E-state index contributed by atoms with van der Waals surface area (Å²) in [6.45, 7) is 4.67. The summed E-state index contributed by atoms with van der Waals surface area (Å²) in [4.78, 5) is 0. The van der Waals surface area contributed by atoms with Crippen molar-refractivity contribution in [1.29, 1.82) is 0 Å². The predicted octanol–water partition coefficient (Wildman–Crippen LogP) is 1.70. The second kappa shape index (κ2) is 2.38. The molecule has 0 radical (unpaired) electrons. The van der Waals surface area contributed by atoms with Gasteiger partial charge in [0, 0.05) is 17.5 Å². The third kappa shape index (κ3) is 0.819. The first-order valence-electron chi connectivity index (χ1n) is 5.09. The number of rotatable bonds is 0. The lowest BCUT2D eigenvalue weighted by Gasteiger charge is -2.27. The topological polar surface area (TPSA) is 25.2 Å². The van der Waals surface area contributed by atoms with E-state index in [4.69, 9.17) is 4.42 Å². The van der Waals surface area contributed by atoms with Crippen molar-refractivity contribution in [3.63, 3.8) is 0 Å². The smallest absolute Gasteiger partial charge is 0.0943 e. The summed E-state index contributed by atoms with van der Waals surface area (Å²) in [5.41, 5.74) is 3.32. The van der Waals surface area contributed by atoms with Crippen LogP contribution in [-0.4, -0.2) is 13.1 Å². The number of nitrogens with one attached hydrogen (secondary N) is 1. The monoisotopic (exact) mass is 177 g/mol. The molecule has 1 saturated heterocycles. The average molecular weight is 177 g/mol. The van der Waals surface area contributed by atoms with E-state index in [0.29, 0.717) is 5.41 Å². The number of hydrogen-bond acceptors (Lipinski definition) is 2. The molecule has 2 heterocycles. The Morgan fingerprint density at radius 1 is 1.54 bits per heavy atom. The maximum Gasteiger partial charge on any atom is 0.0943 e. The summed E-state index contributed by atoms with van der Waals surface area (Å²) in [6.07, 6.45) is 6.37. The van der Waals surface area contributed by atoms with Crippen molar-refractivity contribution >= 4 is 0 Å². The van der Waals surface area contributed by atoms with Crippen LogP contribution in [0.1, 0.15) is 24.5 Å². The Balaban J connectivity index is 2.12. The summed E-state index contributed by atoms with van der Waals surface area (Å²) >= 11 is 0. The van der Waals surface area contributed by atoms with Crippen molar-refractivity contribution in [2.75, 3.05) is 13.1 Å². The van der Waals surface area contributed by atoms with Crippen LogP contribution in [0.4, 0.5) is 0 Å². The van der Waals surface area contributed by atoms with E-state index < -0.39 is 0 Å². The first kappa shape index (κ1) is 7.63. The second-order valence-electron chi connectivity index (χ2n) is 4.50. The summed E-state index contributed by atoms with van der Waals surface area (Å²) < 4.78 is 5.29. The molecule has 0 bridgehead atoms. The van der Waals surface area contributed by atoms with Crippen LogP contribution < -0.4 is 5.32 Å². The molecule has 1 fully saturated rings. The molecule has 0 saturated carbocycles. The van der Waals surface area contributed by atoms with E-state index in [-0.39, 0.29) is 0 Å². The zero-order valence-corrected chi connectivity index (χ0v) is 7.97. The minimum Gasteiger partial charge on any atom is -0.472 e. The zero-order chi connectivity index (χ0) is 8.89. The zero-order valence-electron chi connectivity index (χ0n) is 7.97. The summed E-state index contributed by atoms with van der Waals surface area (Å²) in [7, 11) is 0. The maximum absolute atomic E-state index is 5.29. The van der Waals surface area contributed by atoms with Crippen LogP contribution in [0.5, 0.6) is 0 Å². The maximum atomic E-state index is 5.29. The Hall–Kier alpha value is -0.760. The van der Waals surface area contributed by atoms with Gasteiger partial charge in [-0.05, 0) is 30.9 Å². The number of fused-ring (bicyclic) bond motifs is 2. The molecular formula is C11H15NO. The Labute approximate surface area is 78.3 Å². The normalized spacial score (nSPS) is 37.2. The molecule has 2 aliphatic rings. The number of hydrogen-bond donors (Lipinski definition) is 1. The van der Waals surface area contributed by atoms with Gasteiger partial charge in [-0.2, -0.15) is 0 Å². The van der Waals surface area contributed by atoms with Gasteiger partial charge in [0.25, 0.3) is 0 Å². The van der Waals surface area contributed by atoms with Gasteiger partial charge in [-0.3, -0.25) is 0 Å². The van der Waals surface area contributed by atoms with Crippen molar-refractivity contribution in [2.24, 2.45) is 5.92 Å². The highest BCUT2D eigenvalue weighted by molar-refractivity contribution is 5.39. The van der Waals surface area contributed by atoms with Crippen molar-refractivity contribution in [3.8, 4) is 0 Å². The molecule has 2 nitrogen and oxygen atoms in total. The van der Waals surface area contributed by atoms with Crippen molar-refractivity contribution in [3.05, 3.63) is 23.7 Å². The Morgan fingerprint density at radius 3 is 3.23 bits per heavy atom. The molecule has 1 aliphatic carbocycles. The Morgan fingerprint density at radius 2 is 2.46 bits per heavy atom. The van der Waals surface area contributed by atoms with Crippen LogP contribution in [0.2, 0.25) is 0 Å². The van der Waals surface area contributed by atoms with Crippen molar-refractivity contribution in [1.82, 2.24) is 5.32 Å². The van der Waals surface area contributed by atoms with E-state index >= 15 is 0 Å². The highest BCUT2D eigenvalue weighted by Crippen LogP contribution is 2.47. The molecule has 1 spiro atoms. The lowest BCUT2D eigenvalue weighted by molar-refractivity contribution is 0.336. The lowest BCUT2D eigenvalue weighted by Crippen LogP contribution is -2.32. The highest BCUT2D eigenvalue weighted by atomic mass is 16.3. The van der Waals surface area contributed by atoms with Gasteiger partial charge < -0.3 is 9.73 Å².